The second-order valence-corrected chi connectivity index (χ2v) is 8.97. The number of carboxylic acid groups (broad SMARTS) is 1. The Morgan fingerprint density at radius 1 is 1.06 bits per heavy atom. The quantitative estimate of drug-likeness (QED) is 0.163. The SMILES string of the molecule is NC(N)=NCCCCCCCC(=O)NCC1CN(CCCc2ccccc2)C(=O)C1CC(=O)O. The van der Waals surface area contributed by atoms with E-state index < -0.39 is 11.9 Å². The topological polar surface area (TPSA) is 151 Å². The Morgan fingerprint density at radius 2 is 1.76 bits per heavy atom. The number of carbonyl (C=O) groups is 3. The average Bonchev–Trinajstić information content (AvgIpc) is 3.08. The molecule has 2 amide bonds. The van der Waals surface area contributed by atoms with Crippen LogP contribution in [-0.2, 0) is 20.8 Å². The van der Waals surface area contributed by atoms with Crippen molar-refractivity contribution in [1.29, 1.82) is 0 Å². The molecule has 1 saturated heterocycles. The van der Waals surface area contributed by atoms with E-state index in [2.05, 4.69) is 22.4 Å². The lowest BCUT2D eigenvalue weighted by atomic mass is 9.92. The highest BCUT2D eigenvalue weighted by atomic mass is 16.4. The van der Waals surface area contributed by atoms with E-state index in [0.717, 1.165) is 44.9 Å². The second kappa shape index (κ2) is 14.9. The van der Waals surface area contributed by atoms with Crippen LogP contribution in [0.1, 0.15) is 56.9 Å². The van der Waals surface area contributed by atoms with Crippen molar-refractivity contribution in [3.8, 4) is 0 Å². The molecule has 1 aliphatic rings. The molecule has 0 bridgehead atoms. The number of hydrogen-bond donors (Lipinski definition) is 4. The molecule has 188 valence electrons. The summed E-state index contributed by atoms with van der Waals surface area (Å²) in [4.78, 5) is 42.1. The van der Waals surface area contributed by atoms with E-state index in [1.807, 2.05) is 18.2 Å². The fourth-order valence-corrected chi connectivity index (χ4v) is 4.37. The van der Waals surface area contributed by atoms with Crippen LogP contribution < -0.4 is 16.8 Å². The van der Waals surface area contributed by atoms with E-state index >= 15 is 0 Å². The van der Waals surface area contributed by atoms with Gasteiger partial charge in [0.2, 0.25) is 11.8 Å². The van der Waals surface area contributed by atoms with Crippen molar-refractivity contribution in [1.82, 2.24) is 10.2 Å². The Hall–Kier alpha value is -3.10. The lowest BCUT2D eigenvalue weighted by molar-refractivity contribution is -0.142. The van der Waals surface area contributed by atoms with Crippen LogP contribution in [0.3, 0.4) is 0 Å². The summed E-state index contributed by atoms with van der Waals surface area (Å²) >= 11 is 0. The number of carbonyl (C=O) groups excluding carboxylic acids is 2. The van der Waals surface area contributed by atoms with Crippen molar-refractivity contribution in [2.75, 3.05) is 26.2 Å². The molecule has 1 aromatic carbocycles. The number of aryl methyl sites for hydroxylation is 1. The summed E-state index contributed by atoms with van der Waals surface area (Å²) in [5.41, 5.74) is 11.8. The first kappa shape index (κ1) is 27.1. The summed E-state index contributed by atoms with van der Waals surface area (Å²) in [5, 5.41) is 12.2. The van der Waals surface area contributed by atoms with Gasteiger partial charge in [-0.25, -0.2) is 0 Å². The maximum Gasteiger partial charge on any atom is 0.304 e. The number of hydrogen-bond acceptors (Lipinski definition) is 4. The molecule has 2 unspecified atom stereocenters. The third kappa shape index (κ3) is 10.2. The molecular weight excluding hydrogens is 434 g/mol. The lowest BCUT2D eigenvalue weighted by Crippen LogP contribution is -2.33. The van der Waals surface area contributed by atoms with Crippen LogP contribution in [-0.4, -0.2) is 59.9 Å². The molecule has 0 saturated carbocycles. The van der Waals surface area contributed by atoms with Gasteiger partial charge in [0, 0.05) is 38.5 Å². The Morgan fingerprint density at radius 3 is 2.47 bits per heavy atom. The number of rotatable bonds is 16. The van der Waals surface area contributed by atoms with Gasteiger partial charge in [0.1, 0.15) is 0 Å². The summed E-state index contributed by atoms with van der Waals surface area (Å²) in [5.74, 6) is -1.80. The molecule has 1 aliphatic heterocycles. The zero-order valence-electron chi connectivity index (χ0n) is 20.0. The van der Waals surface area contributed by atoms with Crippen molar-refractivity contribution in [2.24, 2.45) is 28.3 Å². The number of nitrogens with zero attached hydrogens (tertiary/aromatic N) is 2. The van der Waals surface area contributed by atoms with Crippen LogP contribution >= 0.6 is 0 Å². The zero-order valence-corrected chi connectivity index (χ0v) is 20.0. The zero-order chi connectivity index (χ0) is 24.8. The smallest absolute Gasteiger partial charge is 0.304 e. The van der Waals surface area contributed by atoms with Crippen molar-refractivity contribution in [3.05, 3.63) is 35.9 Å². The fraction of sp³-hybridized carbons (Fsp3) is 0.600. The predicted molar refractivity (Wildman–Crippen MR) is 132 cm³/mol. The van der Waals surface area contributed by atoms with Gasteiger partial charge in [-0.15, -0.1) is 0 Å². The number of unbranched alkanes of at least 4 members (excludes halogenated alkanes) is 4. The molecule has 2 rings (SSSR count). The van der Waals surface area contributed by atoms with E-state index in [1.54, 1.807) is 4.90 Å². The summed E-state index contributed by atoms with van der Waals surface area (Å²) in [6.07, 6.45) is 6.61. The molecule has 2 atom stereocenters. The van der Waals surface area contributed by atoms with Gasteiger partial charge in [0.25, 0.3) is 0 Å². The average molecular weight is 474 g/mol. The van der Waals surface area contributed by atoms with Crippen LogP contribution in [0.25, 0.3) is 0 Å². The molecule has 9 heteroatoms. The molecule has 0 aliphatic carbocycles. The third-order valence-corrected chi connectivity index (χ3v) is 6.20. The number of nitrogens with two attached hydrogens (primary N) is 2. The molecular formula is C25H39N5O4. The normalized spacial score (nSPS) is 17.5. The number of benzene rings is 1. The van der Waals surface area contributed by atoms with Crippen LogP contribution in [0.4, 0.5) is 0 Å². The summed E-state index contributed by atoms with van der Waals surface area (Å²) in [6, 6.07) is 10.1. The number of nitrogens with one attached hydrogen (secondary N) is 1. The lowest BCUT2D eigenvalue weighted by Gasteiger charge is -2.17. The minimum atomic E-state index is -0.986. The summed E-state index contributed by atoms with van der Waals surface area (Å²) < 4.78 is 0. The number of aliphatic imine (C=N–C) groups is 1. The van der Waals surface area contributed by atoms with Gasteiger partial charge in [0.05, 0.1) is 12.3 Å². The van der Waals surface area contributed by atoms with E-state index in [-0.39, 0.29) is 30.1 Å². The summed E-state index contributed by atoms with van der Waals surface area (Å²) in [6.45, 7) is 2.04. The van der Waals surface area contributed by atoms with Gasteiger partial charge < -0.3 is 26.8 Å². The van der Waals surface area contributed by atoms with Gasteiger partial charge >= 0.3 is 5.97 Å². The number of amides is 2. The molecule has 1 aromatic rings. The van der Waals surface area contributed by atoms with E-state index in [1.165, 1.54) is 5.56 Å². The number of aliphatic carboxylic acids is 1. The minimum absolute atomic E-state index is 0.0513. The van der Waals surface area contributed by atoms with Crippen molar-refractivity contribution in [3.63, 3.8) is 0 Å². The van der Waals surface area contributed by atoms with Gasteiger partial charge in [0.15, 0.2) is 5.96 Å². The third-order valence-electron chi connectivity index (χ3n) is 6.20. The highest BCUT2D eigenvalue weighted by Crippen LogP contribution is 2.28. The van der Waals surface area contributed by atoms with E-state index in [9.17, 15) is 19.5 Å². The first-order valence-electron chi connectivity index (χ1n) is 12.2. The van der Waals surface area contributed by atoms with Crippen LogP contribution in [0.5, 0.6) is 0 Å². The monoisotopic (exact) mass is 473 g/mol. The fourth-order valence-electron chi connectivity index (χ4n) is 4.37. The van der Waals surface area contributed by atoms with Gasteiger partial charge in [-0.3, -0.25) is 19.4 Å². The molecule has 1 fully saturated rings. The number of likely N-dealkylation sites (tertiary alicyclic amines) is 1. The van der Waals surface area contributed by atoms with Crippen LogP contribution in [0, 0.1) is 11.8 Å². The molecule has 6 N–H and O–H groups in total. The van der Waals surface area contributed by atoms with Crippen LogP contribution in [0.2, 0.25) is 0 Å². The second-order valence-electron chi connectivity index (χ2n) is 8.97. The largest absolute Gasteiger partial charge is 0.481 e. The minimum Gasteiger partial charge on any atom is -0.481 e. The standard InChI is InChI=1S/C25H39N5O4/c26-25(27)28-14-8-3-1-2-7-13-22(31)29-17-20-18-30(24(34)21(20)16-23(32)33)15-9-12-19-10-5-4-6-11-19/h4-6,10-11,20-21H,1-3,7-9,12-18H2,(H,29,31)(H,32,33)(H4,26,27,28). The Bertz CT molecular complexity index is 811. The van der Waals surface area contributed by atoms with Crippen molar-refractivity contribution < 1.29 is 19.5 Å². The Labute approximate surface area is 202 Å². The first-order valence-corrected chi connectivity index (χ1v) is 12.2. The molecule has 0 spiro atoms. The highest BCUT2D eigenvalue weighted by molar-refractivity contribution is 5.85. The van der Waals surface area contributed by atoms with Gasteiger partial charge in [-0.1, -0.05) is 49.6 Å². The number of guanidine groups is 1. The van der Waals surface area contributed by atoms with E-state index in [4.69, 9.17) is 11.5 Å². The van der Waals surface area contributed by atoms with Crippen molar-refractivity contribution >= 4 is 23.7 Å². The predicted octanol–water partition coefficient (Wildman–Crippen LogP) is 1.90. The first-order chi connectivity index (χ1) is 16.4. The maximum absolute atomic E-state index is 12.8. The molecule has 0 radical (unpaired) electrons. The summed E-state index contributed by atoms with van der Waals surface area (Å²) in [7, 11) is 0. The molecule has 34 heavy (non-hydrogen) atoms. The molecule has 0 aromatic heterocycles. The molecule has 9 nitrogen and oxygen atoms in total. The van der Waals surface area contributed by atoms with Crippen LogP contribution in [0.15, 0.2) is 35.3 Å². The maximum atomic E-state index is 12.8. The van der Waals surface area contributed by atoms with Crippen molar-refractivity contribution in [2.45, 2.75) is 57.8 Å². The Balaban J connectivity index is 1.70. The molecule has 1 heterocycles. The van der Waals surface area contributed by atoms with E-state index in [0.29, 0.717) is 32.6 Å². The highest BCUT2D eigenvalue weighted by Gasteiger charge is 2.41. The number of carboxylic acids is 1. The van der Waals surface area contributed by atoms with Gasteiger partial charge in [-0.2, -0.15) is 0 Å². The Kier molecular flexibility index (Phi) is 11.9. The van der Waals surface area contributed by atoms with Gasteiger partial charge in [-0.05, 0) is 31.2 Å².